The molecule has 1 amide bonds. The minimum absolute atomic E-state index is 0.0793. The van der Waals surface area contributed by atoms with Crippen LogP contribution in [0.15, 0.2) is 18.2 Å². The number of nitriles is 1. The Morgan fingerprint density at radius 3 is 2.90 bits per heavy atom. The van der Waals surface area contributed by atoms with Crippen molar-refractivity contribution in [3.63, 3.8) is 0 Å². The summed E-state index contributed by atoms with van der Waals surface area (Å²) in [6, 6.07) is 7.11. The monoisotopic (exact) mass is 273 g/mol. The number of nitrogens with one attached hydrogen (secondary N) is 2. The van der Waals surface area contributed by atoms with Crippen molar-refractivity contribution in [3.8, 4) is 6.07 Å². The number of carbonyl (C=O) groups excluding carboxylic acids is 1. The first-order chi connectivity index (χ1) is 9.54. The average Bonchev–Trinajstić information content (AvgIpc) is 2.84. The highest BCUT2D eigenvalue weighted by Crippen LogP contribution is 2.26. The van der Waals surface area contributed by atoms with Crippen LogP contribution < -0.4 is 5.32 Å². The van der Waals surface area contributed by atoms with Gasteiger partial charge in [-0.2, -0.15) is 5.26 Å². The number of aromatic amines is 1. The molecule has 2 rings (SSSR count). The van der Waals surface area contributed by atoms with E-state index >= 15 is 0 Å². The molecule has 0 spiro atoms. The molecule has 2 N–H and O–H groups in total. The van der Waals surface area contributed by atoms with Crippen molar-refractivity contribution in [2.75, 3.05) is 6.54 Å². The highest BCUT2D eigenvalue weighted by molar-refractivity contribution is 5.98. The van der Waals surface area contributed by atoms with E-state index in [4.69, 9.17) is 5.26 Å². The minimum atomic E-state index is -0.332. The predicted molar refractivity (Wildman–Crippen MR) is 74.9 cm³/mol. The molecule has 0 aliphatic carbocycles. The van der Waals surface area contributed by atoms with Gasteiger partial charge in [-0.25, -0.2) is 4.39 Å². The summed E-state index contributed by atoms with van der Waals surface area (Å²) in [6.45, 7) is 4.12. The van der Waals surface area contributed by atoms with Gasteiger partial charge in [0.1, 0.15) is 5.69 Å². The van der Waals surface area contributed by atoms with Crippen LogP contribution >= 0.6 is 0 Å². The molecule has 0 aliphatic rings. The van der Waals surface area contributed by atoms with Crippen LogP contribution in [0, 0.1) is 17.1 Å². The second kappa shape index (κ2) is 5.74. The zero-order chi connectivity index (χ0) is 14.7. The van der Waals surface area contributed by atoms with Crippen molar-refractivity contribution in [2.24, 2.45) is 0 Å². The molecular formula is C15H16FN3O. The Hall–Kier alpha value is -2.35. The Balaban J connectivity index is 2.32. The van der Waals surface area contributed by atoms with Gasteiger partial charge in [0, 0.05) is 11.9 Å². The van der Waals surface area contributed by atoms with Crippen molar-refractivity contribution in [1.82, 2.24) is 10.3 Å². The second-order valence-corrected chi connectivity index (χ2v) is 4.93. The lowest BCUT2D eigenvalue weighted by molar-refractivity contribution is 0.0950. The van der Waals surface area contributed by atoms with Crippen LogP contribution in [-0.2, 0) is 0 Å². The largest absolute Gasteiger partial charge is 0.350 e. The molecule has 0 atom stereocenters. The van der Waals surface area contributed by atoms with Gasteiger partial charge in [-0.1, -0.05) is 26.0 Å². The first-order valence-electron chi connectivity index (χ1n) is 6.51. The van der Waals surface area contributed by atoms with Crippen LogP contribution in [0.2, 0.25) is 0 Å². The van der Waals surface area contributed by atoms with E-state index in [9.17, 15) is 9.18 Å². The molecule has 0 fully saturated rings. The topological polar surface area (TPSA) is 68.7 Å². The summed E-state index contributed by atoms with van der Waals surface area (Å²) in [6.07, 6.45) is 0.248. The molecule has 0 saturated heterocycles. The third kappa shape index (κ3) is 2.64. The molecule has 1 aromatic carbocycles. The number of halogens is 1. The van der Waals surface area contributed by atoms with Gasteiger partial charge in [-0.05, 0) is 17.5 Å². The van der Waals surface area contributed by atoms with Gasteiger partial charge in [-0.3, -0.25) is 4.79 Å². The van der Waals surface area contributed by atoms with Crippen molar-refractivity contribution in [3.05, 3.63) is 35.3 Å². The standard InChI is InChI=1S/C15H16FN3O/c1-9(2)11-5-4-10-8-12(19-14(10)13(11)16)15(20)18-7-3-6-17/h4-5,8-9,19H,3,7H2,1-2H3,(H,18,20). The molecule has 1 aromatic heterocycles. The number of amides is 1. The Morgan fingerprint density at radius 2 is 2.25 bits per heavy atom. The van der Waals surface area contributed by atoms with Gasteiger partial charge in [0.25, 0.3) is 5.91 Å². The van der Waals surface area contributed by atoms with Crippen molar-refractivity contribution >= 4 is 16.8 Å². The van der Waals surface area contributed by atoms with E-state index in [-0.39, 0.29) is 30.6 Å². The summed E-state index contributed by atoms with van der Waals surface area (Å²) in [4.78, 5) is 14.7. The molecule has 20 heavy (non-hydrogen) atoms. The molecule has 0 aliphatic heterocycles. The van der Waals surface area contributed by atoms with Gasteiger partial charge in [0.15, 0.2) is 5.82 Å². The maximum atomic E-state index is 14.3. The van der Waals surface area contributed by atoms with Crippen molar-refractivity contribution in [2.45, 2.75) is 26.2 Å². The lowest BCUT2D eigenvalue weighted by Gasteiger charge is -2.06. The molecule has 2 aromatic rings. The van der Waals surface area contributed by atoms with Gasteiger partial charge >= 0.3 is 0 Å². The molecule has 104 valence electrons. The summed E-state index contributed by atoms with van der Waals surface area (Å²) >= 11 is 0. The van der Waals surface area contributed by atoms with Crippen LogP contribution in [0.4, 0.5) is 4.39 Å². The normalized spacial score (nSPS) is 10.8. The number of hydrogen-bond donors (Lipinski definition) is 2. The van der Waals surface area contributed by atoms with Crippen LogP contribution in [0.1, 0.15) is 42.2 Å². The Bertz CT molecular complexity index is 682. The summed E-state index contributed by atoms with van der Waals surface area (Å²) in [5, 5.41) is 11.7. The smallest absolute Gasteiger partial charge is 0.267 e. The summed E-state index contributed by atoms with van der Waals surface area (Å²) < 4.78 is 14.3. The number of nitrogens with zero attached hydrogens (tertiary/aromatic N) is 1. The maximum absolute atomic E-state index is 14.3. The highest BCUT2D eigenvalue weighted by atomic mass is 19.1. The first-order valence-corrected chi connectivity index (χ1v) is 6.51. The summed E-state index contributed by atoms with van der Waals surface area (Å²) in [5.41, 5.74) is 1.27. The SMILES string of the molecule is CC(C)c1ccc2cc(C(=O)NCCC#N)[nH]c2c1F. The minimum Gasteiger partial charge on any atom is -0.350 e. The fourth-order valence-corrected chi connectivity index (χ4v) is 2.08. The van der Waals surface area contributed by atoms with Gasteiger partial charge < -0.3 is 10.3 Å². The fraction of sp³-hybridized carbons (Fsp3) is 0.333. The number of H-pyrrole nitrogens is 1. The molecule has 5 heteroatoms. The quantitative estimate of drug-likeness (QED) is 0.840. The molecule has 0 unspecified atom stereocenters. The molecule has 0 bridgehead atoms. The van der Waals surface area contributed by atoms with Crippen LogP contribution in [0.25, 0.3) is 10.9 Å². The lowest BCUT2D eigenvalue weighted by Crippen LogP contribution is -2.24. The van der Waals surface area contributed by atoms with Crippen LogP contribution in [0.5, 0.6) is 0 Å². The van der Waals surface area contributed by atoms with Gasteiger partial charge in [-0.15, -0.1) is 0 Å². The third-order valence-corrected chi connectivity index (χ3v) is 3.15. The average molecular weight is 273 g/mol. The Labute approximate surface area is 116 Å². The number of carbonyl (C=O) groups is 1. The van der Waals surface area contributed by atoms with Gasteiger partial charge in [0.05, 0.1) is 18.0 Å². The van der Waals surface area contributed by atoms with Crippen LogP contribution in [-0.4, -0.2) is 17.4 Å². The summed E-state index contributed by atoms with van der Waals surface area (Å²) in [7, 11) is 0. The zero-order valence-electron chi connectivity index (χ0n) is 11.5. The van der Waals surface area contributed by atoms with Crippen molar-refractivity contribution in [1.29, 1.82) is 5.26 Å². The number of hydrogen-bond acceptors (Lipinski definition) is 2. The predicted octanol–water partition coefficient (Wildman–Crippen LogP) is 3.07. The molecule has 4 nitrogen and oxygen atoms in total. The van der Waals surface area contributed by atoms with Gasteiger partial charge in [0.2, 0.25) is 0 Å². The molecular weight excluding hydrogens is 257 g/mol. The number of aromatic nitrogens is 1. The van der Waals surface area contributed by atoms with E-state index in [2.05, 4.69) is 10.3 Å². The number of fused-ring (bicyclic) bond motifs is 1. The van der Waals surface area contributed by atoms with Crippen LogP contribution in [0.3, 0.4) is 0 Å². The molecule has 0 saturated carbocycles. The zero-order valence-corrected chi connectivity index (χ0v) is 11.5. The van der Waals surface area contributed by atoms with E-state index in [1.807, 2.05) is 19.9 Å². The third-order valence-electron chi connectivity index (χ3n) is 3.15. The first kappa shape index (κ1) is 14.1. The van der Waals surface area contributed by atoms with E-state index < -0.39 is 0 Å². The van der Waals surface area contributed by atoms with E-state index in [1.165, 1.54) is 0 Å². The second-order valence-electron chi connectivity index (χ2n) is 4.93. The molecule has 1 heterocycles. The molecule has 0 radical (unpaired) electrons. The van der Waals surface area contributed by atoms with Crippen molar-refractivity contribution < 1.29 is 9.18 Å². The van der Waals surface area contributed by atoms with E-state index in [0.29, 0.717) is 22.2 Å². The van der Waals surface area contributed by atoms with E-state index in [0.717, 1.165) is 0 Å². The van der Waals surface area contributed by atoms with E-state index in [1.54, 1.807) is 18.2 Å². The Morgan fingerprint density at radius 1 is 1.50 bits per heavy atom. The Kier molecular flexibility index (Phi) is 4.04. The maximum Gasteiger partial charge on any atom is 0.267 e. The fourth-order valence-electron chi connectivity index (χ4n) is 2.08. The summed E-state index contributed by atoms with van der Waals surface area (Å²) in [5.74, 6) is -0.564. The highest BCUT2D eigenvalue weighted by Gasteiger charge is 2.15. The number of benzene rings is 1. The lowest BCUT2D eigenvalue weighted by atomic mass is 10.0. The number of rotatable bonds is 4.